The molecule has 1 fully saturated rings. The number of rotatable bonds is 7. The van der Waals surface area contributed by atoms with E-state index in [1.807, 2.05) is 0 Å². The molecule has 7 nitrogen and oxygen atoms in total. The van der Waals surface area contributed by atoms with Crippen molar-refractivity contribution in [2.24, 2.45) is 0 Å². The number of carbonyl (C=O) groups is 1. The van der Waals surface area contributed by atoms with Crippen LogP contribution in [0.2, 0.25) is 0 Å². The van der Waals surface area contributed by atoms with Crippen molar-refractivity contribution in [1.82, 2.24) is 14.5 Å². The summed E-state index contributed by atoms with van der Waals surface area (Å²) in [4.78, 5) is 13.8. The first-order valence-corrected chi connectivity index (χ1v) is 8.74. The van der Waals surface area contributed by atoms with Gasteiger partial charge in [0.2, 0.25) is 10.0 Å². The molecule has 0 radical (unpaired) electrons. The average Bonchev–Trinajstić information content (AvgIpc) is 2.39. The zero-order chi connectivity index (χ0) is 15.2. The van der Waals surface area contributed by atoms with Crippen molar-refractivity contribution in [2.45, 2.75) is 19.4 Å². The Bertz CT molecular complexity index is 405. The van der Waals surface area contributed by atoms with E-state index in [-0.39, 0.29) is 12.0 Å². The lowest BCUT2D eigenvalue weighted by atomic mass is 10.2. The Morgan fingerprint density at radius 1 is 1.30 bits per heavy atom. The van der Waals surface area contributed by atoms with Gasteiger partial charge in [-0.3, -0.25) is 4.79 Å². The van der Waals surface area contributed by atoms with Crippen LogP contribution in [0.25, 0.3) is 0 Å². The fourth-order valence-electron chi connectivity index (χ4n) is 2.22. The van der Waals surface area contributed by atoms with Crippen molar-refractivity contribution in [3.63, 3.8) is 0 Å². The van der Waals surface area contributed by atoms with E-state index < -0.39 is 10.0 Å². The van der Waals surface area contributed by atoms with E-state index in [2.05, 4.69) is 10.2 Å². The highest BCUT2D eigenvalue weighted by Crippen LogP contribution is 2.07. The van der Waals surface area contributed by atoms with Gasteiger partial charge in [0.15, 0.2) is 0 Å². The molecule has 1 saturated heterocycles. The Balaban J connectivity index is 2.35. The Morgan fingerprint density at radius 3 is 2.35 bits per heavy atom. The Labute approximate surface area is 121 Å². The van der Waals surface area contributed by atoms with E-state index in [0.29, 0.717) is 39.2 Å². The van der Waals surface area contributed by atoms with Crippen LogP contribution in [0.1, 0.15) is 13.3 Å². The lowest BCUT2D eigenvalue weighted by molar-refractivity contribution is -0.145. The third-order valence-corrected chi connectivity index (χ3v) is 4.76. The van der Waals surface area contributed by atoms with Crippen LogP contribution in [0.15, 0.2) is 0 Å². The van der Waals surface area contributed by atoms with E-state index in [1.165, 1.54) is 10.6 Å². The highest BCUT2D eigenvalue weighted by molar-refractivity contribution is 7.88. The summed E-state index contributed by atoms with van der Waals surface area (Å²) < 4.78 is 29.3. The molecule has 0 amide bonds. The van der Waals surface area contributed by atoms with Gasteiger partial charge in [-0.15, -0.1) is 0 Å². The van der Waals surface area contributed by atoms with Crippen molar-refractivity contribution in [1.29, 1.82) is 0 Å². The second kappa shape index (κ2) is 7.92. The fraction of sp³-hybridized carbons (Fsp3) is 0.917. The van der Waals surface area contributed by atoms with E-state index in [0.717, 1.165) is 6.54 Å². The van der Waals surface area contributed by atoms with Crippen LogP contribution in [0.4, 0.5) is 0 Å². The van der Waals surface area contributed by atoms with Crippen molar-refractivity contribution < 1.29 is 17.9 Å². The summed E-state index contributed by atoms with van der Waals surface area (Å²) in [5.41, 5.74) is 0. The quantitative estimate of drug-likeness (QED) is 0.615. The van der Waals surface area contributed by atoms with Gasteiger partial charge < -0.3 is 15.0 Å². The number of esters is 1. The molecule has 1 aliphatic heterocycles. The molecule has 1 atom stereocenters. The fourth-order valence-corrected chi connectivity index (χ4v) is 3.05. The lowest BCUT2D eigenvalue weighted by Crippen LogP contribution is -2.49. The highest BCUT2D eigenvalue weighted by Gasteiger charge is 2.24. The average molecular weight is 307 g/mol. The number of hydrogen-bond donors (Lipinski definition) is 1. The number of hydrogen-bond acceptors (Lipinski definition) is 6. The van der Waals surface area contributed by atoms with Crippen LogP contribution in [0, 0.1) is 0 Å². The SMILES string of the molecule is CCOC(=O)C(CCN1CCN(S(C)(=O)=O)CC1)NC. The number of ether oxygens (including phenoxy) is 1. The second-order valence-corrected chi connectivity index (χ2v) is 6.87. The van der Waals surface area contributed by atoms with Gasteiger partial charge in [-0.1, -0.05) is 0 Å². The smallest absolute Gasteiger partial charge is 0.323 e. The summed E-state index contributed by atoms with van der Waals surface area (Å²) in [7, 11) is -1.35. The molecule has 118 valence electrons. The van der Waals surface area contributed by atoms with Gasteiger partial charge in [0.1, 0.15) is 6.04 Å². The Kier molecular flexibility index (Phi) is 6.87. The summed E-state index contributed by atoms with van der Waals surface area (Å²) in [6.45, 7) is 5.35. The summed E-state index contributed by atoms with van der Waals surface area (Å²) in [6, 6.07) is -0.303. The number of nitrogens with zero attached hydrogens (tertiary/aromatic N) is 2. The molecular weight excluding hydrogens is 282 g/mol. The Morgan fingerprint density at radius 2 is 1.90 bits per heavy atom. The van der Waals surface area contributed by atoms with Gasteiger partial charge in [-0.25, -0.2) is 8.42 Å². The zero-order valence-electron chi connectivity index (χ0n) is 12.5. The van der Waals surface area contributed by atoms with Gasteiger partial charge in [0.05, 0.1) is 12.9 Å². The molecule has 1 heterocycles. The monoisotopic (exact) mass is 307 g/mol. The van der Waals surface area contributed by atoms with Gasteiger partial charge in [-0.05, 0) is 20.4 Å². The molecular formula is C12H25N3O4S. The summed E-state index contributed by atoms with van der Waals surface area (Å²) in [6.07, 6.45) is 1.90. The maximum absolute atomic E-state index is 11.6. The van der Waals surface area contributed by atoms with E-state index in [1.54, 1.807) is 14.0 Å². The molecule has 1 rings (SSSR count). The van der Waals surface area contributed by atoms with Crippen LogP contribution in [0.5, 0.6) is 0 Å². The minimum atomic E-state index is -3.09. The minimum absolute atomic E-state index is 0.232. The first kappa shape index (κ1) is 17.4. The molecule has 0 saturated carbocycles. The molecule has 8 heteroatoms. The molecule has 0 aromatic rings. The van der Waals surface area contributed by atoms with E-state index in [4.69, 9.17) is 4.74 Å². The topological polar surface area (TPSA) is 79.0 Å². The molecule has 1 N–H and O–H groups in total. The van der Waals surface area contributed by atoms with Gasteiger partial charge in [-0.2, -0.15) is 4.31 Å². The van der Waals surface area contributed by atoms with Crippen molar-refractivity contribution in [3.8, 4) is 0 Å². The predicted molar refractivity (Wildman–Crippen MR) is 77.0 cm³/mol. The summed E-state index contributed by atoms with van der Waals surface area (Å²) >= 11 is 0. The predicted octanol–water partition coefficient (Wildman–Crippen LogP) is -0.895. The van der Waals surface area contributed by atoms with E-state index >= 15 is 0 Å². The molecule has 1 aliphatic rings. The zero-order valence-corrected chi connectivity index (χ0v) is 13.3. The standard InChI is InChI=1S/C12H25N3O4S/c1-4-19-12(16)11(13-2)5-6-14-7-9-15(10-8-14)20(3,17)18/h11,13H,4-10H2,1-3H3. The number of carbonyl (C=O) groups excluding carboxylic acids is 1. The molecule has 0 aromatic carbocycles. The molecule has 20 heavy (non-hydrogen) atoms. The van der Waals surface area contributed by atoms with Gasteiger partial charge >= 0.3 is 5.97 Å². The molecule has 0 bridgehead atoms. The third kappa shape index (κ3) is 5.35. The van der Waals surface area contributed by atoms with Crippen LogP contribution < -0.4 is 5.32 Å². The summed E-state index contributed by atoms with van der Waals surface area (Å²) in [5.74, 6) is -0.232. The lowest BCUT2D eigenvalue weighted by Gasteiger charge is -2.33. The van der Waals surface area contributed by atoms with Gasteiger partial charge in [0, 0.05) is 32.7 Å². The maximum Gasteiger partial charge on any atom is 0.323 e. The van der Waals surface area contributed by atoms with Crippen LogP contribution >= 0.6 is 0 Å². The molecule has 0 spiro atoms. The molecule has 1 unspecified atom stereocenters. The third-order valence-electron chi connectivity index (χ3n) is 3.45. The van der Waals surface area contributed by atoms with Gasteiger partial charge in [0.25, 0.3) is 0 Å². The number of likely N-dealkylation sites (N-methyl/N-ethyl adjacent to an activating group) is 1. The maximum atomic E-state index is 11.6. The molecule has 0 aliphatic carbocycles. The normalized spacial score (nSPS) is 19.8. The largest absolute Gasteiger partial charge is 0.465 e. The second-order valence-electron chi connectivity index (χ2n) is 4.89. The highest BCUT2D eigenvalue weighted by atomic mass is 32.2. The Hall–Kier alpha value is -0.700. The van der Waals surface area contributed by atoms with Crippen molar-refractivity contribution in [2.75, 3.05) is 52.6 Å². The van der Waals surface area contributed by atoms with Crippen LogP contribution in [-0.2, 0) is 19.6 Å². The first-order valence-electron chi connectivity index (χ1n) is 6.89. The van der Waals surface area contributed by atoms with Crippen molar-refractivity contribution in [3.05, 3.63) is 0 Å². The first-order chi connectivity index (χ1) is 9.38. The van der Waals surface area contributed by atoms with Crippen LogP contribution in [0.3, 0.4) is 0 Å². The number of sulfonamides is 1. The van der Waals surface area contributed by atoms with E-state index in [9.17, 15) is 13.2 Å². The van der Waals surface area contributed by atoms with Crippen molar-refractivity contribution >= 4 is 16.0 Å². The molecule has 0 aromatic heterocycles. The number of piperazine rings is 1. The number of nitrogens with one attached hydrogen (secondary N) is 1. The summed E-state index contributed by atoms with van der Waals surface area (Å²) in [5, 5.41) is 2.95. The minimum Gasteiger partial charge on any atom is -0.465 e. The van der Waals surface area contributed by atoms with Crippen LogP contribution in [-0.4, -0.2) is 82.3 Å².